The Balaban J connectivity index is 2.13. The molecule has 7 atom stereocenters. The average Bonchev–Trinajstić information content (AvgIpc) is 2.88. The molecule has 196 valence electrons. The predicted molar refractivity (Wildman–Crippen MR) is 132 cm³/mol. The molecule has 1 aliphatic heterocycles. The van der Waals surface area contributed by atoms with Crippen molar-refractivity contribution in [3.8, 4) is 0 Å². The fourth-order valence-corrected chi connectivity index (χ4v) is 4.67. The van der Waals surface area contributed by atoms with Crippen LogP contribution >= 0.6 is 0 Å². The van der Waals surface area contributed by atoms with E-state index in [0.29, 0.717) is 0 Å². The maximum absolute atomic E-state index is 12.3. The van der Waals surface area contributed by atoms with Crippen molar-refractivity contribution in [2.75, 3.05) is 0 Å². The van der Waals surface area contributed by atoms with Crippen LogP contribution in [0.25, 0.3) is 0 Å². The molecule has 0 radical (unpaired) electrons. The number of aliphatic hydroxyl groups is 3. The quantitative estimate of drug-likeness (QED) is 0.401. The fraction of sp³-hybridized carbons (Fsp3) is 0.500. The summed E-state index contributed by atoms with van der Waals surface area (Å²) in [4.78, 5) is 24.4. The molecular weight excluding hydrogens is 464 g/mol. The molecule has 0 amide bonds. The molecule has 0 spiro atoms. The van der Waals surface area contributed by atoms with Gasteiger partial charge in [-0.1, -0.05) is 81.4 Å². The van der Waals surface area contributed by atoms with Crippen LogP contribution in [0.2, 0.25) is 0 Å². The lowest BCUT2D eigenvalue weighted by Crippen LogP contribution is -2.78. The lowest BCUT2D eigenvalue weighted by molar-refractivity contribution is -0.420. The molecule has 0 saturated carbocycles. The van der Waals surface area contributed by atoms with Gasteiger partial charge in [-0.2, -0.15) is 0 Å². The van der Waals surface area contributed by atoms with Crippen LogP contribution in [0.3, 0.4) is 0 Å². The highest BCUT2D eigenvalue weighted by atomic mass is 16.7. The maximum Gasteiger partial charge on any atom is 0.207 e. The standard InChI is InChI=1S/C28H36O8/c1-18(2)27(32)26(35-17-22-13-9-6-10-14-22)25(34-16-21-11-7-5-8-12-21)24(23(31)20(4)30)36-28(27,33)19(3)15-29/h5-15,18-19,23-26,31-33H,16-17H2,1-4H3/t19?,23?,24-,25+,26+,27-,28?/m1/s1/i15D. The summed E-state index contributed by atoms with van der Waals surface area (Å²) in [6, 6.07) is 18.3. The Morgan fingerprint density at radius 3 is 1.97 bits per heavy atom. The van der Waals surface area contributed by atoms with Crippen LogP contribution in [-0.2, 0) is 37.0 Å². The lowest BCUT2D eigenvalue weighted by Gasteiger charge is -2.58. The first kappa shape index (κ1) is 26.6. The van der Waals surface area contributed by atoms with E-state index >= 15 is 0 Å². The van der Waals surface area contributed by atoms with Gasteiger partial charge >= 0.3 is 0 Å². The van der Waals surface area contributed by atoms with Gasteiger partial charge in [-0.3, -0.25) is 4.79 Å². The Morgan fingerprint density at radius 1 is 1.03 bits per heavy atom. The predicted octanol–water partition coefficient (Wildman–Crippen LogP) is 2.42. The molecule has 1 aliphatic rings. The van der Waals surface area contributed by atoms with Crippen molar-refractivity contribution in [2.45, 2.75) is 76.7 Å². The largest absolute Gasteiger partial charge is 0.382 e. The van der Waals surface area contributed by atoms with Gasteiger partial charge in [0.05, 0.1) is 19.1 Å². The number of hydrogen-bond acceptors (Lipinski definition) is 8. The first-order valence-electron chi connectivity index (χ1n) is 12.6. The van der Waals surface area contributed by atoms with Crippen LogP contribution in [0, 0.1) is 11.8 Å². The number of rotatable bonds is 11. The van der Waals surface area contributed by atoms with E-state index in [1.807, 2.05) is 60.7 Å². The Labute approximate surface area is 213 Å². The van der Waals surface area contributed by atoms with Crippen LogP contribution < -0.4 is 0 Å². The zero-order valence-electron chi connectivity index (χ0n) is 22.0. The van der Waals surface area contributed by atoms with Gasteiger partial charge in [-0.05, 0) is 24.0 Å². The molecule has 8 nitrogen and oxygen atoms in total. The SMILES string of the molecule is [2H]C(=O)C(C)C1(O)O[C@H](C(O)C(C)=O)[C@H](OCc2ccccc2)[C@H](OCc2ccccc2)[C@]1(O)C(C)C. The summed E-state index contributed by atoms with van der Waals surface area (Å²) >= 11 is 0. The molecule has 1 fully saturated rings. The van der Waals surface area contributed by atoms with Gasteiger partial charge in [0, 0.05) is 0 Å². The van der Waals surface area contributed by atoms with Crippen molar-refractivity contribution in [3.63, 3.8) is 0 Å². The highest BCUT2D eigenvalue weighted by Gasteiger charge is 2.69. The topological polar surface area (TPSA) is 123 Å². The van der Waals surface area contributed by atoms with E-state index in [0.717, 1.165) is 18.1 Å². The van der Waals surface area contributed by atoms with Gasteiger partial charge in [0.1, 0.15) is 37.6 Å². The van der Waals surface area contributed by atoms with Gasteiger partial charge in [-0.25, -0.2) is 0 Å². The van der Waals surface area contributed by atoms with Crippen LogP contribution in [0.4, 0.5) is 0 Å². The number of hydrogen-bond donors (Lipinski definition) is 3. The summed E-state index contributed by atoms with van der Waals surface area (Å²) in [5.41, 5.74) is -0.727. The van der Waals surface area contributed by atoms with Crippen LogP contribution in [0.15, 0.2) is 60.7 Å². The van der Waals surface area contributed by atoms with Crippen molar-refractivity contribution < 1.29 is 40.5 Å². The third kappa shape index (κ3) is 5.44. The molecule has 1 saturated heterocycles. The summed E-state index contributed by atoms with van der Waals surface area (Å²) in [5, 5.41) is 34.8. The minimum atomic E-state index is -2.67. The zero-order chi connectivity index (χ0) is 27.4. The number of carbonyl (C=O) groups is 2. The lowest BCUT2D eigenvalue weighted by atomic mass is 9.68. The van der Waals surface area contributed by atoms with E-state index in [2.05, 4.69) is 0 Å². The summed E-state index contributed by atoms with van der Waals surface area (Å²) in [7, 11) is 0. The summed E-state index contributed by atoms with van der Waals surface area (Å²) < 4.78 is 25.9. The number of Topliss-reactive ketones (excluding diaryl/α,β-unsaturated/α-hetero) is 1. The van der Waals surface area contributed by atoms with Crippen molar-refractivity contribution in [1.82, 2.24) is 0 Å². The number of ketones is 1. The minimum absolute atomic E-state index is 0.00605. The van der Waals surface area contributed by atoms with Crippen molar-refractivity contribution in [2.24, 2.45) is 11.8 Å². The maximum atomic E-state index is 12.3. The molecule has 3 unspecified atom stereocenters. The molecular formula is C28H36O8. The second kappa shape index (κ2) is 11.7. The summed E-state index contributed by atoms with van der Waals surface area (Å²) in [5.74, 6) is -5.64. The molecule has 2 aromatic carbocycles. The average molecular weight is 502 g/mol. The Bertz CT molecular complexity index is 1050. The number of aldehydes is 1. The molecule has 2 aromatic rings. The van der Waals surface area contributed by atoms with Crippen LogP contribution in [0.1, 0.15) is 40.2 Å². The van der Waals surface area contributed by atoms with E-state index in [9.17, 15) is 24.9 Å². The highest BCUT2D eigenvalue weighted by molar-refractivity contribution is 5.81. The molecule has 0 aromatic heterocycles. The van der Waals surface area contributed by atoms with Crippen molar-refractivity contribution in [3.05, 3.63) is 71.8 Å². The Morgan fingerprint density at radius 2 is 1.53 bits per heavy atom. The first-order valence-corrected chi connectivity index (χ1v) is 12.1. The van der Waals surface area contributed by atoms with Crippen molar-refractivity contribution >= 4 is 12.0 Å². The van der Waals surface area contributed by atoms with Gasteiger partial charge in [-0.15, -0.1) is 0 Å². The Kier molecular flexibility index (Phi) is 8.66. The number of carbonyl (C=O) groups excluding carboxylic acids is 2. The number of aliphatic hydroxyl groups excluding tert-OH is 1. The first-order chi connectivity index (χ1) is 17.4. The zero-order valence-corrected chi connectivity index (χ0v) is 21.0. The summed E-state index contributed by atoms with van der Waals surface area (Å²) in [6.45, 7) is 5.66. The van der Waals surface area contributed by atoms with Crippen LogP contribution in [-0.4, -0.2) is 63.2 Å². The normalized spacial score (nSPS) is 30.4. The van der Waals surface area contributed by atoms with Crippen LogP contribution in [0.5, 0.6) is 0 Å². The minimum Gasteiger partial charge on any atom is -0.382 e. The van der Waals surface area contributed by atoms with E-state index < -0.39 is 59.7 Å². The van der Waals surface area contributed by atoms with Gasteiger partial charge in [0.15, 0.2) is 5.78 Å². The molecule has 8 heteroatoms. The van der Waals surface area contributed by atoms with Gasteiger partial charge in [0.25, 0.3) is 0 Å². The third-order valence-corrected chi connectivity index (χ3v) is 6.87. The molecule has 3 N–H and O–H groups in total. The monoisotopic (exact) mass is 501 g/mol. The molecule has 3 rings (SSSR count). The van der Waals surface area contributed by atoms with E-state index in [4.69, 9.17) is 15.6 Å². The van der Waals surface area contributed by atoms with Gasteiger partial charge < -0.3 is 34.3 Å². The molecule has 36 heavy (non-hydrogen) atoms. The number of ether oxygens (including phenoxy) is 3. The molecule has 0 aliphatic carbocycles. The fourth-order valence-electron chi connectivity index (χ4n) is 4.67. The summed E-state index contributed by atoms with van der Waals surface area (Å²) in [6.07, 6.45) is -7.06. The Hall–Kier alpha value is -2.46. The number of benzene rings is 2. The second-order valence-corrected chi connectivity index (χ2v) is 9.63. The van der Waals surface area contributed by atoms with Crippen molar-refractivity contribution in [1.29, 1.82) is 0 Å². The van der Waals surface area contributed by atoms with E-state index in [1.54, 1.807) is 13.8 Å². The second-order valence-electron chi connectivity index (χ2n) is 9.63. The van der Waals surface area contributed by atoms with Gasteiger partial charge in [0.2, 0.25) is 5.79 Å². The smallest absolute Gasteiger partial charge is 0.207 e. The molecule has 1 heterocycles. The molecule has 0 bridgehead atoms. The van der Waals surface area contributed by atoms with E-state index in [-0.39, 0.29) is 13.2 Å². The third-order valence-electron chi connectivity index (χ3n) is 6.87. The highest BCUT2D eigenvalue weighted by Crippen LogP contribution is 2.48. The van der Waals surface area contributed by atoms with E-state index in [1.165, 1.54) is 6.92 Å².